The van der Waals surface area contributed by atoms with Crippen LogP contribution in [0.3, 0.4) is 0 Å². The number of piperidine rings is 1. The van der Waals surface area contributed by atoms with E-state index in [1.807, 2.05) is 19.1 Å². The lowest BCUT2D eigenvalue weighted by atomic mass is 9.88. The van der Waals surface area contributed by atoms with Crippen molar-refractivity contribution in [3.63, 3.8) is 0 Å². The Kier molecular flexibility index (Phi) is 7.86. The van der Waals surface area contributed by atoms with E-state index in [2.05, 4.69) is 10.6 Å². The molecule has 35 heavy (non-hydrogen) atoms. The van der Waals surface area contributed by atoms with Crippen molar-refractivity contribution in [2.24, 2.45) is 0 Å². The Labute approximate surface area is 204 Å². The SMILES string of the molecule is Cc1ccc2c(c1)CN(C1CCC(=O)NC1=O)C2=O.OC1CCCCC1NC1CCC(F)(F)CC1. The molecular weight excluding hydrogens is 456 g/mol. The molecule has 192 valence electrons. The highest BCUT2D eigenvalue weighted by Crippen LogP contribution is 2.34. The summed E-state index contributed by atoms with van der Waals surface area (Å²) in [6.45, 7) is 2.42. The van der Waals surface area contributed by atoms with Crippen LogP contribution in [-0.2, 0) is 16.1 Å². The summed E-state index contributed by atoms with van der Waals surface area (Å²) in [6.07, 6.45) is 5.52. The van der Waals surface area contributed by atoms with Crippen LogP contribution in [0.5, 0.6) is 0 Å². The average Bonchev–Trinajstić information content (AvgIpc) is 3.12. The summed E-state index contributed by atoms with van der Waals surface area (Å²) in [5, 5.41) is 15.4. The lowest BCUT2D eigenvalue weighted by molar-refractivity contribution is -0.136. The second kappa shape index (κ2) is 10.7. The molecule has 5 rings (SSSR count). The van der Waals surface area contributed by atoms with Gasteiger partial charge in [0.1, 0.15) is 6.04 Å². The van der Waals surface area contributed by atoms with Crippen LogP contribution in [0.15, 0.2) is 18.2 Å². The number of rotatable bonds is 3. The Morgan fingerprint density at radius 3 is 2.46 bits per heavy atom. The van der Waals surface area contributed by atoms with Crippen molar-refractivity contribution < 1.29 is 28.3 Å². The van der Waals surface area contributed by atoms with Crippen molar-refractivity contribution in [1.29, 1.82) is 0 Å². The minimum absolute atomic E-state index is 0.00647. The number of nitrogens with one attached hydrogen (secondary N) is 2. The largest absolute Gasteiger partial charge is 0.392 e. The number of aliphatic hydroxyl groups excluding tert-OH is 1. The van der Waals surface area contributed by atoms with Crippen molar-refractivity contribution in [3.05, 3.63) is 34.9 Å². The van der Waals surface area contributed by atoms with Gasteiger partial charge in [0, 0.05) is 43.5 Å². The predicted molar refractivity (Wildman–Crippen MR) is 126 cm³/mol. The minimum Gasteiger partial charge on any atom is -0.392 e. The van der Waals surface area contributed by atoms with Crippen LogP contribution in [-0.4, -0.2) is 57.9 Å². The molecule has 7 nitrogen and oxygen atoms in total. The number of carbonyl (C=O) groups excluding carboxylic acids is 3. The molecule has 1 aromatic carbocycles. The van der Waals surface area contributed by atoms with Gasteiger partial charge in [-0.2, -0.15) is 0 Å². The highest BCUT2D eigenvalue weighted by Gasteiger charge is 2.39. The number of aliphatic hydroxyl groups is 1. The fourth-order valence-corrected chi connectivity index (χ4v) is 5.52. The van der Waals surface area contributed by atoms with Gasteiger partial charge in [0.2, 0.25) is 17.7 Å². The third kappa shape index (κ3) is 6.25. The third-order valence-corrected chi connectivity index (χ3v) is 7.58. The number of alkyl halides is 2. The highest BCUT2D eigenvalue weighted by molar-refractivity contribution is 6.05. The molecule has 2 heterocycles. The van der Waals surface area contributed by atoms with Crippen LogP contribution in [0, 0.1) is 6.92 Å². The van der Waals surface area contributed by atoms with E-state index in [0.717, 1.165) is 36.8 Å². The second-order valence-corrected chi connectivity index (χ2v) is 10.3. The Balaban J connectivity index is 0.000000168. The Morgan fingerprint density at radius 1 is 1.06 bits per heavy atom. The van der Waals surface area contributed by atoms with Crippen LogP contribution < -0.4 is 10.6 Å². The van der Waals surface area contributed by atoms with Gasteiger partial charge in [0.15, 0.2) is 0 Å². The summed E-state index contributed by atoms with van der Waals surface area (Å²) >= 11 is 0. The van der Waals surface area contributed by atoms with Crippen molar-refractivity contribution in [3.8, 4) is 0 Å². The molecule has 2 saturated carbocycles. The minimum atomic E-state index is -2.45. The van der Waals surface area contributed by atoms with E-state index in [9.17, 15) is 28.3 Å². The molecule has 0 bridgehead atoms. The maximum Gasteiger partial charge on any atom is 0.255 e. The molecule has 3 fully saturated rings. The number of imide groups is 1. The molecule has 3 atom stereocenters. The van der Waals surface area contributed by atoms with Gasteiger partial charge < -0.3 is 15.3 Å². The maximum absolute atomic E-state index is 13.0. The van der Waals surface area contributed by atoms with E-state index in [1.54, 1.807) is 11.0 Å². The van der Waals surface area contributed by atoms with E-state index in [-0.39, 0.29) is 55.2 Å². The zero-order valence-corrected chi connectivity index (χ0v) is 20.2. The van der Waals surface area contributed by atoms with Crippen LogP contribution in [0.1, 0.15) is 85.7 Å². The van der Waals surface area contributed by atoms with E-state index in [4.69, 9.17) is 0 Å². The van der Waals surface area contributed by atoms with Gasteiger partial charge in [-0.1, -0.05) is 30.5 Å². The average molecular weight is 492 g/mol. The van der Waals surface area contributed by atoms with Gasteiger partial charge >= 0.3 is 0 Å². The molecule has 0 spiro atoms. The van der Waals surface area contributed by atoms with Crippen LogP contribution in [0.4, 0.5) is 8.78 Å². The first-order valence-corrected chi connectivity index (χ1v) is 12.7. The van der Waals surface area contributed by atoms with Gasteiger partial charge in [-0.25, -0.2) is 8.78 Å². The molecule has 9 heteroatoms. The summed E-state index contributed by atoms with van der Waals surface area (Å²) in [5.74, 6) is -3.21. The molecule has 2 aliphatic carbocycles. The van der Waals surface area contributed by atoms with Gasteiger partial charge in [-0.3, -0.25) is 19.7 Å². The molecule has 0 radical (unpaired) electrons. The van der Waals surface area contributed by atoms with Gasteiger partial charge in [-0.05, 0) is 50.7 Å². The molecule has 3 N–H and O–H groups in total. The van der Waals surface area contributed by atoms with Gasteiger partial charge in [0.25, 0.3) is 5.91 Å². The first kappa shape index (κ1) is 25.7. The quantitative estimate of drug-likeness (QED) is 0.564. The highest BCUT2D eigenvalue weighted by atomic mass is 19.3. The lowest BCUT2D eigenvalue weighted by Crippen LogP contribution is -2.52. The second-order valence-electron chi connectivity index (χ2n) is 10.3. The number of halogens is 2. The fraction of sp³-hybridized carbons (Fsp3) is 0.654. The van der Waals surface area contributed by atoms with E-state index < -0.39 is 12.0 Å². The fourth-order valence-electron chi connectivity index (χ4n) is 5.52. The molecule has 1 saturated heterocycles. The number of nitrogens with zero attached hydrogens (tertiary/aromatic N) is 1. The first-order valence-electron chi connectivity index (χ1n) is 12.7. The van der Waals surface area contributed by atoms with Gasteiger partial charge in [0.05, 0.1) is 6.10 Å². The smallest absolute Gasteiger partial charge is 0.255 e. The predicted octanol–water partition coefficient (Wildman–Crippen LogP) is 3.21. The van der Waals surface area contributed by atoms with Crippen molar-refractivity contribution in [2.45, 2.75) is 108 Å². The lowest BCUT2D eigenvalue weighted by Gasteiger charge is -2.35. The normalized spacial score (nSPS) is 28.7. The number of benzene rings is 1. The van der Waals surface area contributed by atoms with E-state index in [0.29, 0.717) is 31.4 Å². The number of hydrogen-bond donors (Lipinski definition) is 3. The van der Waals surface area contributed by atoms with Gasteiger partial charge in [-0.15, -0.1) is 0 Å². The Bertz CT molecular complexity index is 960. The molecular formula is C26H35F2N3O4. The zero-order chi connectivity index (χ0) is 25.2. The standard InChI is InChI=1S/C14H14N2O3.C12H21F2NO/c1-8-2-3-10-9(6-8)7-16(14(10)19)11-4-5-12(17)15-13(11)18;13-12(14)7-5-9(6-8-12)15-10-3-1-2-4-11(10)16/h2-3,6,11H,4-5,7H2,1H3,(H,15,17,18);9-11,15-16H,1-8H2. The molecule has 0 aromatic heterocycles. The summed E-state index contributed by atoms with van der Waals surface area (Å²) < 4.78 is 25.9. The number of carbonyl (C=O) groups is 3. The molecule has 3 amide bonds. The van der Waals surface area contributed by atoms with Crippen LogP contribution >= 0.6 is 0 Å². The van der Waals surface area contributed by atoms with Crippen molar-refractivity contribution in [1.82, 2.24) is 15.5 Å². The Hall–Kier alpha value is -2.39. The topological polar surface area (TPSA) is 98.7 Å². The summed E-state index contributed by atoms with van der Waals surface area (Å²) in [4.78, 5) is 36.8. The number of amides is 3. The molecule has 4 aliphatic rings. The monoisotopic (exact) mass is 491 g/mol. The van der Waals surface area contributed by atoms with E-state index >= 15 is 0 Å². The van der Waals surface area contributed by atoms with E-state index in [1.165, 1.54) is 0 Å². The summed E-state index contributed by atoms with van der Waals surface area (Å²) in [6, 6.07) is 5.45. The van der Waals surface area contributed by atoms with Crippen molar-refractivity contribution >= 4 is 17.7 Å². The molecule has 2 aliphatic heterocycles. The van der Waals surface area contributed by atoms with Crippen molar-refractivity contribution in [2.75, 3.05) is 0 Å². The number of fused-ring (bicyclic) bond motifs is 1. The van der Waals surface area contributed by atoms with Crippen LogP contribution in [0.2, 0.25) is 0 Å². The number of hydrogen-bond acceptors (Lipinski definition) is 5. The maximum atomic E-state index is 13.0. The zero-order valence-electron chi connectivity index (χ0n) is 20.2. The third-order valence-electron chi connectivity index (χ3n) is 7.58. The number of aryl methyl sites for hydroxylation is 1. The molecule has 3 unspecified atom stereocenters. The van der Waals surface area contributed by atoms with Crippen LogP contribution in [0.25, 0.3) is 0 Å². The first-order chi connectivity index (χ1) is 16.6. The summed E-state index contributed by atoms with van der Waals surface area (Å²) in [5.41, 5.74) is 2.71. The molecule has 1 aromatic rings. The Morgan fingerprint density at radius 2 is 1.77 bits per heavy atom. The summed E-state index contributed by atoms with van der Waals surface area (Å²) in [7, 11) is 0.